The average Bonchev–Trinajstić information content (AvgIpc) is 2.94. The Morgan fingerprint density at radius 2 is 1.48 bits per heavy atom. The number of benzene rings is 3. The van der Waals surface area contributed by atoms with E-state index >= 15 is 0 Å². The highest BCUT2D eigenvalue weighted by atomic mass is 19.3. The molecule has 7 heteroatoms. The van der Waals surface area contributed by atoms with Gasteiger partial charge in [-0.3, -0.25) is 0 Å². The Labute approximate surface area is 164 Å². The molecule has 4 rings (SSSR count). The molecule has 1 aliphatic rings. The zero-order chi connectivity index (χ0) is 20.8. The fourth-order valence-electron chi connectivity index (χ4n) is 3.40. The number of hydrogen-bond acceptors (Lipinski definition) is 3. The van der Waals surface area contributed by atoms with E-state index < -0.39 is 24.0 Å². The molecular formula is C22H17F4NO2. The number of anilines is 1. The molecule has 0 amide bonds. The third-order valence-corrected chi connectivity index (χ3v) is 4.76. The number of alkyl halides is 2. The lowest BCUT2D eigenvalue weighted by molar-refractivity contribution is -0.286. The van der Waals surface area contributed by atoms with Crippen LogP contribution in [0.15, 0.2) is 54.6 Å². The third kappa shape index (κ3) is 3.72. The minimum atomic E-state index is -3.67. The number of rotatable bonds is 4. The summed E-state index contributed by atoms with van der Waals surface area (Å²) in [7, 11) is 0. The standard InChI is InChI=1S/C22H17F4NO2/c1-12-10-19-20(29-22(25,26)28-19)11-16(12)14-6-8-15(9-7-14)27-13(2)21-17(23)4-3-5-18(21)24/h3-11,13,27H,1-2H3. The van der Waals surface area contributed by atoms with Crippen LogP contribution in [0.3, 0.4) is 0 Å². The van der Waals surface area contributed by atoms with Crippen molar-refractivity contribution in [1.82, 2.24) is 0 Å². The number of fused-ring (bicyclic) bond motifs is 1. The normalized spacial score (nSPS) is 15.2. The number of halogens is 4. The van der Waals surface area contributed by atoms with Gasteiger partial charge in [0.05, 0.1) is 6.04 Å². The Bertz CT molecular complexity index is 1050. The van der Waals surface area contributed by atoms with Gasteiger partial charge in [0.1, 0.15) is 11.6 Å². The van der Waals surface area contributed by atoms with E-state index in [4.69, 9.17) is 0 Å². The van der Waals surface area contributed by atoms with Crippen LogP contribution >= 0.6 is 0 Å². The molecule has 29 heavy (non-hydrogen) atoms. The fraction of sp³-hybridized carbons (Fsp3) is 0.182. The van der Waals surface area contributed by atoms with Crippen molar-refractivity contribution in [2.24, 2.45) is 0 Å². The van der Waals surface area contributed by atoms with Crippen LogP contribution in [0.5, 0.6) is 11.5 Å². The van der Waals surface area contributed by atoms with E-state index in [1.165, 1.54) is 30.3 Å². The van der Waals surface area contributed by atoms with Gasteiger partial charge in [0.2, 0.25) is 0 Å². The van der Waals surface area contributed by atoms with Crippen LogP contribution in [0.1, 0.15) is 24.1 Å². The molecule has 3 nitrogen and oxygen atoms in total. The molecular weight excluding hydrogens is 386 g/mol. The molecule has 1 N–H and O–H groups in total. The molecule has 0 saturated carbocycles. The van der Waals surface area contributed by atoms with Gasteiger partial charge in [-0.1, -0.05) is 18.2 Å². The first-order chi connectivity index (χ1) is 13.7. The minimum Gasteiger partial charge on any atom is -0.395 e. The third-order valence-electron chi connectivity index (χ3n) is 4.76. The van der Waals surface area contributed by atoms with E-state index in [2.05, 4.69) is 14.8 Å². The second-order valence-electron chi connectivity index (χ2n) is 6.86. The minimum absolute atomic E-state index is 0.00437. The Morgan fingerprint density at radius 3 is 2.10 bits per heavy atom. The van der Waals surface area contributed by atoms with Crippen molar-refractivity contribution < 1.29 is 27.0 Å². The number of nitrogens with one attached hydrogen (secondary N) is 1. The predicted molar refractivity (Wildman–Crippen MR) is 101 cm³/mol. The second-order valence-corrected chi connectivity index (χ2v) is 6.86. The van der Waals surface area contributed by atoms with Crippen molar-refractivity contribution in [2.45, 2.75) is 26.2 Å². The van der Waals surface area contributed by atoms with Crippen LogP contribution in [-0.2, 0) is 0 Å². The predicted octanol–water partition coefficient (Wildman–Crippen LogP) is 6.43. The number of ether oxygens (including phenoxy) is 2. The van der Waals surface area contributed by atoms with Crippen LogP contribution < -0.4 is 14.8 Å². The van der Waals surface area contributed by atoms with E-state index in [0.717, 1.165) is 11.1 Å². The van der Waals surface area contributed by atoms with Gasteiger partial charge in [0.25, 0.3) is 0 Å². The molecule has 0 spiro atoms. The van der Waals surface area contributed by atoms with Gasteiger partial charge in [0, 0.05) is 11.3 Å². The maximum Gasteiger partial charge on any atom is 0.586 e. The van der Waals surface area contributed by atoms with Gasteiger partial charge < -0.3 is 14.8 Å². The summed E-state index contributed by atoms with van der Waals surface area (Å²) in [6.45, 7) is 3.45. The van der Waals surface area contributed by atoms with Crippen LogP contribution in [-0.4, -0.2) is 6.29 Å². The zero-order valence-electron chi connectivity index (χ0n) is 15.6. The highest BCUT2D eigenvalue weighted by Gasteiger charge is 2.43. The molecule has 0 aromatic heterocycles. The van der Waals surface area contributed by atoms with Crippen LogP contribution in [0.4, 0.5) is 23.2 Å². The number of aryl methyl sites for hydroxylation is 1. The lowest BCUT2D eigenvalue weighted by atomic mass is 9.99. The van der Waals surface area contributed by atoms with Gasteiger partial charge >= 0.3 is 6.29 Å². The fourth-order valence-corrected chi connectivity index (χ4v) is 3.40. The summed E-state index contributed by atoms with van der Waals surface area (Å²) in [6.07, 6.45) is -3.67. The lowest BCUT2D eigenvalue weighted by Gasteiger charge is -2.17. The maximum absolute atomic E-state index is 13.9. The molecule has 0 saturated heterocycles. The molecule has 1 aliphatic heterocycles. The molecule has 0 aliphatic carbocycles. The van der Waals surface area contributed by atoms with E-state index in [1.807, 2.05) is 0 Å². The van der Waals surface area contributed by atoms with Crippen molar-refractivity contribution in [2.75, 3.05) is 5.32 Å². The largest absolute Gasteiger partial charge is 0.586 e. The first-order valence-corrected chi connectivity index (χ1v) is 8.95. The van der Waals surface area contributed by atoms with Gasteiger partial charge in [-0.05, 0) is 66.9 Å². The summed E-state index contributed by atoms with van der Waals surface area (Å²) in [4.78, 5) is 0. The Balaban J connectivity index is 1.56. The molecule has 0 bridgehead atoms. The summed E-state index contributed by atoms with van der Waals surface area (Å²) in [5.41, 5.74) is 2.86. The lowest BCUT2D eigenvalue weighted by Crippen LogP contribution is -2.25. The molecule has 1 heterocycles. The van der Waals surface area contributed by atoms with Crippen molar-refractivity contribution in [3.05, 3.63) is 77.4 Å². The summed E-state index contributed by atoms with van der Waals surface area (Å²) < 4.78 is 63.4. The Hall–Kier alpha value is -3.22. The van der Waals surface area contributed by atoms with Crippen molar-refractivity contribution in [3.63, 3.8) is 0 Å². The Kier molecular flexibility index (Phi) is 4.61. The van der Waals surface area contributed by atoms with E-state index in [1.54, 1.807) is 38.1 Å². The summed E-state index contributed by atoms with van der Waals surface area (Å²) in [5, 5.41) is 3.06. The Morgan fingerprint density at radius 1 is 0.897 bits per heavy atom. The highest BCUT2D eigenvalue weighted by molar-refractivity contribution is 5.72. The molecule has 3 aromatic rings. The van der Waals surface area contributed by atoms with Gasteiger partial charge in [-0.25, -0.2) is 8.78 Å². The molecule has 1 atom stereocenters. The van der Waals surface area contributed by atoms with E-state index in [0.29, 0.717) is 11.3 Å². The van der Waals surface area contributed by atoms with Crippen LogP contribution in [0.25, 0.3) is 11.1 Å². The first kappa shape index (κ1) is 19.1. The van der Waals surface area contributed by atoms with Crippen molar-refractivity contribution in [3.8, 4) is 22.6 Å². The smallest absolute Gasteiger partial charge is 0.395 e. The van der Waals surface area contributed by atoms with E-state index in [-0.39, 0.29) is 17.1 Å². The average molecular weight is 403 g/mol. The molecule has 1 unspecified atom stereocenters. The molecule has 150 valence electrons. The van der Waals surface area contributed by atoms with Crippen molar-refractivity contribution in [1.29, 1.82) is 0 Å². The van der Waals surface area contributed by atoms with Crippen LogP contribution in [0.2, 0.25) is 0 Å². The monoisotopic (exact) mass is 403 g/mol. The summed E-state index contributed by atoms with van der Waals surface area (Å²) >= 11 is 0. The highest BCUT2D eigenvalue weighted by Crippen LogP contribution is 2.44. The maximum atomic E-state index is 13.9. The quantitative estimate of drug-likeness (QED) is 0.509. The topological polar surface area (TPSA) is 30.5 Å². The van der Waals surface area contributed by atoms with Gasteiger partial charge in [0.15, 0.2) is 11.5 Å². The van der Waals surface area contributed by atoms with Gasteiger partial charge in [-0.2, -0.15) is 0 Å². The SMILES string of the molecule is Cc1cc2c(cc1-c1ccc(NC(C)c3c(F)cccc3F)cc1)OC(F)(F)O2. The second kappa shape index (κ2) is 6.99. The summed E-state index contributed by atoms with van der Waals surface area (Å²) in [5.74, 6) is -1.26. The van der Waals surface area contributed by atoms with Crippen LogP contribution in [0, 0.1) is 18.6 Å². The molecule has 3 aromatic carbocycles. The van der Waals surface area contributed by atoms with Crippen molar-refractivity contribution >= 4 is 5.69 Å². The van der Waals surface area contributed by atoms with E-state index in [9.17, 15) is 17.6 Å². The van der Waals surface area contributed by atoms with Gasteiger partial charge in [-0.15, -0.1) is 8.78 Å². The molecule has 0 fully saturated rings. The summed E-state index contributed by atoms with van der Waals surface area (Å²) in [6, 6.07) is 13.2. The number of hydrogen-bond donors (Lipinski definition) is 1. The molecule has 0 radical (unpaired) electrons. The first-order valence-electron chi connectivity index (χ1n) is 8.95. The zero-order valence-corrected chi connectivity index (χ0v) is 15.6.